The zero-order valence-electron chi connectivity index (χ0n) is 6.37. The lowest BCUT2D eigenvalue weighted by molar-refractivity contribution is 0.615. The van der Waals surface area contributed by atoms with Gasteiger partial charge < -0.3 is 4.42 Å². The van der Waals surface area contributed by atoms with Gasteiger partial charge in [-0.15, -0.1) is 0 Å². The molecule has 0 aliphatic carbocycles. The Morgan fingerprint density at radius 2 is 2.45 bits per heavy atom. The first-order valence-corrected chi connectivity index (χ1v) is 3.72. The molecule has 2 heteroatoms. The molecule has 2 aromatic heterocycles. The van der Waals surface area contributed by atoms with Crippen LogP contribution in [0.3, 0.4) is 0 Å². The Morgan fingerprint density at radius 1 is 1.55 bits per heavy atom. The first-order chi connectivity index (χ1) is 5.40. The van der Waals surface area contributed by atoms with Crippen LogP contribution in [0.15, 0.2) is 29.0 Å². The van der Waals surface area contributed by atoms with Gasteiger partial charge in [-0.1, -0.05) is 6.92 Å². The lowest BCUT2D eigenvalue weighted by Crippen LogP contribution is -1.83. The number of nitrogens with zero attached hydrogens (tertiary/aromatic N) is 1. The van der Waals surface area contributed by atoms with Crippen LogP contribution in [0.25, 0.3) is 11.0 Å². The molecule has 56 valence electrons. The highest BCUT2D eigenvalue weighted by molar-refractivity contribution is 5.75. The Hall–Kier alpha value is -1.31. The van der Waals surface area contributed by atoms with E-state index in [1.165, 1.54) is 0 Å². The molecule has 0 aliphatic rings. The number of aromatic nitrogens is 1. The van der Waals surface area contributed by atoms with Gasteiger partial charge in [0.1, 0.15) is 5.58 Å². The molecule has 0 saturated carbocycles. The number of hydrogen-bond acceptors (Lipinski definition) is 2. The second kappa shape index (κ2) is 2.38. The second-order valence-electron chi connectivity index (χ2n) is 2.49. The quantitative estimate of drug-likeness (QED) is 0.619. The van der Waals surface area contributed by atoms with Gasteiger partial charge in [-0.3, -0.25) is 4.98 Å². The van der Waals surface area contributed by atoms with Gasteiger partial charge in [-0.05, 0) is 12.5 Å². The molecule has 0 fully saturated rings. The van der Waals surface area contributed by atoms with Crippen molar-refractivity contribution >= 4 is 11.0 Å². The highest BCUT2D eigenvalue weighted by Crippen LogP contribution is 2.14. The van der Waals surface area contributed by atoms with E-state index in [1.807, 2.05) is 18.3 Å². The third-order valence-electron chi connectivity index (χ3n) is 1.76. The number of rotatable bonds is 1. The Labute approximate surface area is 64.9 Å². The van der Waals surface area contributed by atoms with Crippen LogP contribution in [0.1, 0.15) is 12.6 Å². The molecule has 2 nitrogen and oxygen atoms in total. The van der Waals surface area contributed by atoms with Crippen molar-refractivity contribution in [1.82, 2.24) is 4.98 Å². The van der Waals surface area contributed by atoms with Gasteiger partial charge in [0.05, 0.1) is 6.26 Å². The predicted molar refractivity (Wildman–Crippen MR) is 43.4 cm³/mol. The monoisotopic (exact) mass is 147 g/mol. The number of aryl methyl sites for hydroxylation is 1. The van der Waals surface area contributed by atoms with Crippen LogP contribution in [0, 0.1) is 0 Å². The van der Waals surface area contributed by atoms with E-state index in [-0.39, 0.29) is 0 Å². The molecule has 2 heterocycles. The van der Waals surface area contributed by atoms with Gasteiger partial charge >= 0.3 is 0 Å². The van der Waals surface area contributed by atoms with Crippen LogP contribution in [-0.4, -0.2) is 4.98 Å². The first kappa shape index (κ1) is 6.40. The smallest absolute Gasteiger partial charge is 0.137 e. The molecule has 0 atom stereocenters. The summed E-state index contributed by atoms with van der Waals surface area (Å²) < 4.78 is 5.22. The zero-order chi connectivity index (χ0) is 7.68. The molecule has 11 heavy (non-hydrogen) atoms. The van der Waals surface area contributed by atoms with Crippen molar-refractivity contribution in [3.63, 3.8) is 0 Å². The average molecular weight is 147 g/mol. The normalized spacial score (nSPS) is 10.6. The van der Waals surface area contributed by atoms with E-state index in [1.54, 1.807) is 6.26 Å². The maximum Gasteiger partial charge on any atom is 0.137 e. The molecule has 0 bridgehead atoms. The summed E-state index contributed by atoms with van der Waals surface area (Å²) in [5.74, 6) is 0. The lowest BCUT2D eigenvalue weighted by Gasteiger charge is -1.92. The van der Waals surface area contributed by atoms with E-state index in [2.05, 4.69) is 11.9 Å². The molecule has 0 spiro atoms. The predicted octanol–water partition coefficient (Wildman–Crippen LogP) is 2.39. The summed E-state index contributed by atoms with van der Waals surface area (Å²) in [4.78, 5) is 4.24. The van der Waals surface area contributed by atoms with E-state index in [0.717, 1.165) is 23.1 Å². The van der Waals surface area contributed by atoms with E-state index < -0.39 is 0 Å². The Kier molecular flexibility index (Phi) is 1.39. The highest BCUT2D eigenvalue weighted by Gasteiger charge is 1.97. The zero-order valence-corrected chi connectivity index (χ0v) is 6.37. The third-order valence-corrected chi connectivity index (χ3v) is 1.76. The summed E-state index contributed by atoms with van der Waals surface area (Å²) in [6.07, 6.45) is 4.49. The van der Waals surface area contributed by atoms with Crippen LogP contribution >= 0.6 is 0 Å². The molecule has 0 N–H and O–H groups in total. The van der Waals surface area contributed by atoms with Crippen molar-refractivity contribution in [2.75, 3.05) is 0 Å². The molecule has 0 amide bonds. The molecule has 0 saturated heterocycles. The van der Waals surface area contributed by atoms with Crippen molar-refractivity contribution in [1.29, 1.82) is 0 Å². The molecular weight excluding hydrogens is 138 g/mol. The van der Waals surface area contributed by atoms with Gasteiger partial charge in [0.2, 0.25) is 0 Å². The molecule has 0 radical (unpaired) electrons. The second-order valence-corrected chi connectivity index (χ2v) is 2.49. The highest BCUT2D eigenvalue weighted by atomic mass is 16.3. The largest absolute Gasteiger partial charge is 0.464 e. The maximum atomic E-state index is 5.22. The number of pyridine rings is 1. The summed E-state index contributed by atoms with van der Waals surface area (Å²) in [5, 5.41) is 1.07. The van der Waals surface area contributed by atoms with E-state index >= 15 is 0 Å². The Bertz CT molecular complexity index is 364. The minimum Gasteiger partial charge on any atom is -0.464 e. The van der Waals surface area contributed by atoms with Crippen LogP contribution < -0.4 is 0 Å². The van der Waals surface area contributed by atoms with E-state index in [9.17, 15) is 0 Å². The summed E-state index contributed by atoms with van der Waals surface area (Å²) in [7, 11) is 0. The summed E-state index contributed by atoms with van der Waals surface area (Å²) in [6.45, 7) is 2.08. The van der Waals surface area contributed by atoms with Gasteiger partial charge in [-0.25, -0.2) is 0 Å². The fraction of sp³-hybridized carbons (Fsp3) is 0.222. The topological polar surface area (TPSA) is 26.0 Å². The van der Waals surface area contributed by atoms with Gasteiger partial charge in [0.15, 0.2) is 0 Å². The molecule has 0 aromatic carbocycles. The van der Waals surface area contributed by atoms with Crippen LogP contribution in [0.5, 0.6) is 0 Å². The maximum absolute atomic E-state index is 5.22. The van der Waals surface area contributed by atoms with E-state index in [4.69, 9.17) is 4.42 Å². The summed E-state index contributed by atoms with van der Waals surface area (Å²) >= 11 is 0. The number of furan rings is 1. The fourth-order valence-electron chi connectivity index (χ4n) is 1.09. The van der Waals surface area contributed by atoms with Gasteiger partial charge in [0, 0.05) is 23.3 Å². The summed E-state index contributed by atoms with van der Waals surface area (Å²) in [6, 6.07) is 3.90. The molecule has 0 unspecified atom stereocenters. The van der Waals surface area contributed by atoms with Crippen LogP contribution in [0.4, 0.5) is 0 Å². The van der Waals surface area contributed by atoms with Crippen LogP contribution in [0.2, 0.25) is 0 Å². The van der Waals surface area contributed by atoms with Crippen molar-refractivity contribution in [2.24, 2.45) is 0 Å². The minimum absolute atomic E-state index is 0.928. The SMILES string of the molecule is CCc1cc2occc2cn1. The van der Waals surface area contributed by atoms with Crippen molar-refractivity contribution in [3.8, 4) is 0 Å². The third kappa shape index (κ3) is 1.00. The van der Waals surface area contributed by atoms with Crippen LogP contribution in [-0.2, 0) is 6.42 Å². The van der Waals surface area contributed by atoms with Crippen molar-refractivity contribution in [2.45, 2.75) is 13.3 Å². The standard InChI is InChI=1S/C9H9NO/c1-2-8-5-9-7(6-10-8)3-4-11-9/h3-6H,2H2,1H3. The molecule has 0 aliphatic heterocycles. The lowest BCUT2D eigenvalue weighted by atomic mass is 10.2. The summed E-state index contributed by atoms with van der Waals surface area (Å²) in [5.41, 5.74) is 2.00. The van der Waals surface area contributed by atoms with Gasteiger partial charge in [0.25, 0.3) is 0 Å². The average Bonchev–Trinajstić information content (AvgIpc) is 2.50. The first-order valence-electron chi connectivity index (χ1n) is 3.72. The Balaban J connectivity index is 2.67. The molecule has 2 rings (SSSR count). The Morgan fingerprint density at radius 3 is 3.27 bits per heavy atom. The van der Waals surface area contributed by atoms with Crippen molar-refractivity contribution in [3.05, 3.63) is 30.3 Å². The van der Waals surface area contributed by atoms with Crippen molar-refractivity contribution < 1.29 is 4.42 Å². The number of fused-ring (bicyclic) bond motifs is 1. The van der Waals surface area contributed by atoms with E-state index in [0.29, 0.717) is 0 Å². The van der Waals surface area contributed by atoms with Gasteiger partial charge in [-0.2, -0.15) is 0 Å². The molecule has 2 aromatic rings. The minimum atomic E-state index is 0.928. The fourth-order valence-corrected chi connectivity index (χ4v) is 1.09. The number of hydrogen-bond donors (Lipinski definition) is 0. The molecular formula is C9H9NO.